The maximum Gasteiger partial charge on any atom is 0.221 e. The minimum absolute atomic E-state index is 0.0596. The number of rotatable bonds is 8. The quantitative estimate of drug-likeness (QED) is 0.533. The summed E-state index contributed by atoms with van der Waals surface area (Å²) in [6, 6.07) is 20.0. The summed E-state index contributed by atoms with van der Waals surface area (Å²) < 4.78 is 31.3. The number of nitrogens with zero attached hydrogens (tertiary/aromatic N) is 1. The zero-order valence-corrected chi connectivity index (χ0v) is 19.4. The second-order valence-corrected chi connectivity index (χ2v) is 8.19. The molecule has 178 valence electrons. The van der Waals surface area contributed by atoms with E-state index in [9.17, 15) is 9.18 Å². The third-order valence-electron chi connectivity index (χ3n) is 5.90. The number of ether oxygens (including phenoxy) is 3. The molecule has 34 heavy (non-hydrogen) atoms. The molecule has 3 aromatic carbocycles. The number of benzene rings is 3. The van der Waals surface area contributed by atoms with Crippen LogP contribution in [0.25, 0.3) is 0 Å². The number of amides is 1. The highest BCUT2D eigenvalue weighted by Crippen LogP contribution is 2.32. The van der Waals surface area contributed by atoms with Crippen LogP contribution < -0.4 is 19.5 Å². The molecule has 1 aliphatic heterocycles. The Balaban J connectivity index is 1.39. The first kappa shape index (κ1) is 23.6. The van der Waals surface area contributed by atoms with Gasteiger partial charge in [0.15, 0.2) is 11.5 Å². The highest BCUT2D eigenvalue weighted by molar-refractivity contribution is 5.76. The Kier molecular flexibility index (Phi) is 7.65. The van der Waals surface area contributed by atoms with E-state index in [0.717, 1.165) is 16.9 Å². The molecule has 1 aliphatic rings. The minimum atomic E-state index is -0.459. The van der Waals surface area contributed by atoms with Crippen molar-refractivity contribution in [3.05, 3.63) is 89.2 Å². The molecular weight excluding hydrogens is 435 g/mol. The van der Waals surface area contributed by atoms with E-state index in [4.69, 9.17) is 14.2 Å². The van der Waals surface area contributed by atoms with Crippen LogP contribution in [-0.2, 0) is 17.9 Å². The molecule has 1 amide bonds. The van der Waals surface area contributed by atoms with Crippen LogP contribution in [0.5, 0.6) is 17.2 Å². The van der Waals surface area contributed by atoms with Crippen molar-refractivity contribution in [1.29, 1.82) is 0 Å². The smallest absolute Gasteiger partial charge is 0.221 e. The van der Waals surface area contributed by atoms with Gasteiger partial charge in [-0.1, -0.05) is 42.5 Å². The number of carbonyl (C=O) groups is 1. The first-order chi connectivity index (χ1) is 16.6. The Bertz CT molecular complexity index is 1140. The van der Waals surface area contributed by atoms with Gasteiger partial charge in [-0.3, -0.25) is 9.69 Å². The zero-order chi connectivity index (χ0) is 23.9. The molecule has 1 atom stereocenters. The van der Waals surface area contributed by atoms with E-state index in [1.54, 1.807) is 26.4 Å². The fourth-order valence-electron chi connectivity index (χ4n) is 4.09. The lowest BCUT2D eigenvalue weighted by molar-refractivity contribution is -0.121. The van der Waals surface area contributed by atoms with Gasteiger partial charge in [0.05, 0.1) is 14.2 Å². The van der Waals surface area contributed by atoms with Gasteiger partial charge < -0.3 is 19.5 Å². The summed E-state index contributed by atoms with van der Waals surface area (Å²) in [6.07, 6.45) is -0.140. The fourth-order valence-corrected chi connectivity index (χ4v) is 4.09. The summed E-state index contributed by atoms with van der Waals surface area (Å²) in [6.45, 7) is 2.03. The van der Waals surface area contributed by atoms with Crippen LogP contribution in [0.4, 0.5) is 4.39 Å². The van der Waals surface area contributed by atoms with Crippen LogP contribution in [-0.4, -0.2) is 38.1 Å². The van der Waals surface area contributed by atoms with E-state index < -0.39 is 6.10 Å². The number of hydrogen-bond acceptors (Lipinski definition) is 5. The Labute approximate surface area is 199 Å². The second-order valence-electron chi connectivity index (χ2n) is 8.19. The highest BCUT2D eigenvalue weighted by Gasteiger charge is 2.26. The number of hydrogen-bond donors (Lipinski definition) is 1. The predicted octanol–water partition coefficient (Wildman–Crippen LogP) is 4.49. The Hall–Kier alpha value is -3.58. The Morgan fingerprint density at radius 1 is 1.06 bits per heavy atom. The summed E-state index contributed by atoms with van der Waals surface area (Å²) in [5, 5.41) is 2.96. The molecule has 0 spiro atoms. The summed E-state index contributed by atoms with van der Waals surface area (Å²) in [7, 11) is 3.17. The van der Waals surface area contributed by atoms with Crippen molar-refractivity contribution in [2.45, 2.75) is 25.6 Å². The van der Waals surface area contributed by atoms with Crippen molar-refractivity contribution < 1.29 is 23.4 Å². The SMILES string of the molecule is COc1ccc(CNC(=O)CCN2Cc3ccccc3O[C@H](c3ccccc3F)C2)cc1OC. The molecule has 0 radical (unpaired) electrons. The average Bonchev–Trinajstić information content (AvgIpc) is 3.05. The Morgan fingerprint density at radius 2 is 1.82 bits per heavy atom. The standard InChI is InChI=1S/C27H29FN2O4/c1-32-24-12-11-19(15-25(24)33-2)16-29-27(31)13-14-30-17-20-7-3-6-10-23(20)34-26(18-30)21-8-4-5-9-22(21)28/h3-12,15,26H,13-14,16-18H2,1-2H3,(H,29,31)/t26-/m0/s1. The number of nitrogens with one attached hydrogen (secondary N) is 1. The van der Waals surface area contributed by atoms with E-state index in [-0.39, 0.29) is 11.7 Å². The van der Waals surface area contributed by atoms with Gasteiger partial charge in [0, 0.05) is 43.7 Å². The molecule has 4 rings (SSSR count). The molecule has 0 saturated carbocycles. The van der Waals surface area contributed by atoms with Crippen molar-refractivity contribution in [2.75, 3.05) is 27.3 Å². The lowest BCUT2D eigenvalue weighted by atomic mass is 10.1. The van der Waals surface area contributed by atoms with Crippen LogP contribution in [0.1, 0.15) is 29.2 Å². The van der Waals surface area contributed by atoms with E-state index in [1.165, 1.54) is 6.07 Å². The van der Waals surface area contributed by atoms with Crippen molar-refractivity contribution >= 4 is 5.91 Å². The first-order valence-electron chi connectivity index (χ1n) is 11.3. The molecule has 1 N–H and O–H groups in total. The van der Waals surface area contributed by atoms with Gasteiger partial charge in [-0.15, -0.1) is 0 Å². The molecular formula is C27H29FN2O4. The van der Waals surface area contributed by atoms with Gasteiger partial charge in [0.25, 0.3) is 0 Å². The topological polar surface area (TPSA) is 60.0 Å². The fraction of sp³-hybridized carbons (Fsp3) is 0.296. The van der Waals surface area contributed by atoms with Gasteiger partial charge in [0.1, 0.15) is 17.7 Å². The summed E-state index contributed by atoms with van der Waals surface area (Å²) >= 11 is 0. The molecule has 7 heteroatoms. The largest absolute Gasteiger partial charge is 0.493 e. The zero-order valence-electron chi connectivity index (χ0n) is 19.4. The second kappa shape index (κ2) is 11.0. The molecule has 0 fully saturated rings. The van der Waals surface area contributed by atoms with E-state index >= 15 is 0 Å². The molecule has 1 heterocycles. The molecule has 0 aromatic heterocycles. The number of halogens is 1. The van der Waals surface area contributed by atoms with Crippen LogP contribution in [0, 0.1) is 5.82 Å². The molecule has 6 nitrogen and oxygen atoms in total. The van der Waals surface area contributed by atoms with Gasteiger partial charge in [-0.05, 0) is 29.8 Å². The molecule has 3 aromatic rings. The maximum atomic E-state index is 14.5. The normalized spacial score (nSPS) is 15.6. The molecule has 0 bridgehead atoms. The Morgan fingerprint density at radius 3 is 2.62 bits per heavy atom. The van der Waals surface area contributed by atoms with Crippen LogP contribution in [0.3, 0.4) is 0 Å². The van der Waals surface area contributed by atoms with Gasteiger partial charge in [0.2, 0.25) is 5.91 Å². The van der Waals surface area contributed by atoms with E-state index in [2.05, 4.69) is 10.2 Å². The lowest BCUT2D eigenvalue weighted by Crippen LogP contribution is -2.33. The lowest BCUT2D eigenvalue weighted by Gasteiger charge is -2.24. The van der Waals surface area contributed by atoms with Gasteiger partial charge >= 0.3 is 0 Å². The van der Waals surface area contributed by atoms with Crippen LogP contribution in [0.15, 0.2) is 66.7 Å². The first-order valence-corrected chi connectivity index (χ1v) is 11.3. The summed E-state index contributed by atoms with van der Waals surface area (Å²) in [5.74, 6) is 1.66. The highest BCUT2D eigenvalue weighted by atomic mass is 19.1. The van der Waals surface area contributed by atoms with E-state index in [0.29, 0.717) is 49.7 Å². The predicted molar refractivity (Wildman–Crippen MR) is 127 cm³/mol. The van der Waals surface area contributed by atoms with Crippen molar-refractivity contribution in [1.82, 2.24) is 10.2 Å². The van der Waals surface area contributed by atoms with Crippen molar-refractivity contribution in [3.8, 4) is 17.2 Å². The van der Waals surface area contributed by atoms with Gasteiger partial charge in [-0.2, -0.15) is 0 Å². The monoisotopic (exact) mass is 464 g/mol. The number of fused-ring (bicyclic) bond motifs is 1. The third kappa shape index (κ3) is 5.66. The minimum Gasteiger partial charge on any atom is -0.493 e. The van der Waals surface area contributed by atoms with Gasteiger partial charge in [-0.25, -0.2) is 4.39 Å². The average molecular weight is 465 g/mol. The number of para-hydroxylation sites is 1. The van der Waals surface area contributed by atoms with Crippen molar-refractivity contribution in [2.24, 2.45) is 0 Å². The van der Waals surface area contributed by atoms with E-state index in [1.807, 2.05) is 48.5 Å². The maximum absolute atomic E-state index is 14.5. The van der Waals surface area contributed by atoms with Crippen LogP contribution >= 0.6 is 0 Å². The van der Waals surface area contributed by atoms with Crippen LogP contribution in [0.2, 0.25) is 0 Å². The summed E-state index contributed by atoms with van der Waals surface area (Å²) in [5.41, 5.74) is 2.46. The molecule has 0 aliphatic carbocycles. The number of methoxy groups -OCH3 is 2. The van der Waals surface area contributed by atoms with Crippen molar-refractivity contribution in [3.63, 3.8) is 0 Å². The summed E-state index contributed by atoms with van der Waals surface area (Å²) in [4.78, 5) is 14.7. The number of carbonyl (C=O) groups excluding carboxylic acids is 1. The molecule has 0 saturated heterocycles. The third-order valence-corrected chi connectivity index (χ3v) is 5.90. The molecule has 0 unspecified atom stereocenters.